The maximum Gasteiger partial charge on any atom is 0.226 e. The number of nitrogens with zero attached hydrogens (tertiary/aromatic N) is 1. The van der Waals surface area contributed by atoms with E-state index < -0.39 is 0 Å². The second kappa shape index (κ2) is 6.59. The maximum absolute atomic E-state index is 12.3. The van der Waals surface area contributed by atoms with Crippen molar-refractivity contribution in [3.8, 4) is 0 Å². The van der Waals surface area contributed by atoms with Gasteiger partial charge in [0.2, 0.25) is 5.91 Å². The van der Waals surface area contributed by atoms with Crippen LogP contribution < -0.4 is 0 Å². The molecule has 1 N–H and O–H groups in total. The number of benzene rings is 1. The van der Waals surface area contributed by atoms with Gasteiger partial charge in [0.25, 0.3) is 0 Å². The molecule has 1 saturated heterocycles. The van der Waals surface area contributed by atoms with E-state index in [0.717, 1.165) is 37.9 Å². The molecule has 0 unspecified atom stereocenters. The quantitative estimate of drug-likeness (QED) is 0.928. The maximum atomic E-state index is 12.3. The molecule has 1 aromatic rings. The molecular weight excluding hydrogens is 274 g/mol. The second-order valence-corrected chi connectivity index (χ2v) is 6.14. The molecule has 3 nitrogen and oxygen atoms in total. The van der Waals surface area contributed by atoms with Gasteiger partial charge in [0.05, 0.1) is 6.42 Å². The van der Waals surface area contributed by atoms with Crippen LogP contribution in [-0.4, -0.2) is 35.6 Å². The standard InChI is InChI=1S/C16H22ClNO2/c1-2-16(12-19)6-8-18(9-7-16)15(20)11-13-4-3-5-14(17)10-13/h3-5,10,19H,2,6-9,11-12H2,1H3. The predicted molar refractivity (Wildman–Crippen MR) is 80.8 cm³/mol. The molecule has 0 aliphatic carbocycles. The number of rotatable bonds is 4. The summed E-state index contributed by atoms with van der Waals surface area (Å²) in [5.41, 5.74) is 0.976. The highest BCUT2D eigenvalue weighted by Crippen LogP contribution is 2.34. The van der Waals surface area contributed by atoms with Crippen LogP contribution in [0.4, 0.5) is 0 Å². The third kappa shape index (κ3) is 3.53. The minimum atomic E-state index is 0.0207. The Kier molecular flexibility index (Phi) is 5.06. The highest BCUT2D eigenvalue weighted by Gasteiger charge is 2.33. The number of amides is 1. The summed E-state index contributed by atoms with van der Waals surface area (Å²) in [7, 11) is 0. The van der Waals surface area contributed by atoms with Gasteiger partial charge in [0.1, 0.15) is 0 Å². The van der Waals surface area contributed by atoms with Gasteiger partial charge >= 0.3 is 0 Å². The Morgan fingerprint density at radius 1 is 1.40 bits per heavy atom. The van der Waals surface area contributed by atoms with Gasteiger partial charge in [-0.3, -0.25) is 4.79 Å². The molecule has 0 aromatic heterocycles. The summed E-state index contributed by atoms with van der Waals surface area (Å²) >= 11 is 5.94. The van der Waals surface area contributed by atoms with Crippen molar-refractivity contribution in [2.24, 2.45) is 5.41 Å². The second-order valence-electron chi connectivity index (χ2n) is 5.70. The predicted octanol–water partition coefficient (Wildman–Crippen LogP) is 2.89. The molecule has 20 heavy (non-hydrogen) atoms. The van der Waals surface area contributed by atoms with Crippen molar-refractivity contribution in [1.29, 1.82) is 0 Å². The van der Waals surface area contributed by atoms with Crippen LogP contribution in [0.5, 0.6) is 0 Å². The Morgan fingerprint density at radius 3 is 2.65 bits per heavy atom. The fourth-order valence-electron chi connectivity index (χ4n) is 2.79. The Bertz CT molecular complexity index is 461. The number of carbonyl (C=O) groups is 1. The van der Waals surface area contributed by atoms with Crippen molar-refractivity contribution in [3.05, 3.63) is 34.9 Å². The molecule has 0 saturated carbocycles. The van der Waals surface area contributed by atoms with Crippen LogP contribution in [0.25, 0.3) is 0 Å². The monoisotopic (exact) mass is 295 g/mol. The van der Waals surface area contributed by atoms with Crippen LogP contribution in [0.1, 0.15) is 31.7 Å². The topological polar surface area (TPSA) is 40.5 Å². The minimum Gasteiger partial charge on any atom is -0.396 e. The SMILES string of the molecule is CCC1(CO)CCN(C(=O)Cc2cccc(Cl)c2)CC1. The van der Waals surface area contributed by atoms with Gasteiger partial charge in [-0.1, -0.05) is 30.7 Å². The smallest absolute Gasteiger partial charge is 0.226 e. The van der Waals surface area contributed by atoms with Gasteiger partial charge in [-0.15, -0.1) is 0 Å². The van der Waals surface area contributed by atoms with Gasteiger partial charge in [-0.05, 0) is 42.4 Å². The molecule has 1 aromatic carbocycles. The van der Waals surface area contributed by atoms with Crippen molar-refractivity contribution in [1.82, 2.24) is 4.90 Å². The summed E-state index contributed by atoms with van der Waals surface area (Å²) in [5.74, 6) is 0.148. The summed E-state index contributed by atoms with van der Waals surface area (Å²) < 4.78 is 0. The molecule has 110 valence electrons. The molecule has 0 bridgehead atoms. The molecule has 0 spiro atoms. The lowest BCUT2D eigenvalue weighted by Gasteiger charge is -2.40. The van der Waals surface area contributed by atoms with E-state index in [1.165, 1.54) is 0 Å². The van der Waals surface area contributed by atoms with Crippen molar-refractivity contribution < 1.29 is 9.90 Å². The van der Waals surface area contributed by atoms with Crippen molar-refractivity contribution >= 4 is 17.5 Å². The molecular formula is C16H22ClNO2. The van der Waals surface area contributed by atoms with Gasteiger partial charge in [-0.2, -0.15) is 0 Å². The van der Waals surface area contributed by atoms with Crippen LogP contribution in [0.15, 0.2) is 24.3 Å². The van der Waals surface area contributed by atoms with E-state index in [9.17, 15) is 9.90 Å². The highest BCUT2D eigenvalue weighted by atomic mass is 35.5. The van der Waals surface area contributed by atoms with E-state index in [-0.39, 0.29) is 17.9 Å². The molecule has 1 amide bonds. The van der Waals surface area contributed by atoms with Crippen LogP contribution in [0.2, 0.25) is 5.02 Å². The zero-order valence-corrected chi connectivity index (χ0v) is 12.7. The van der Waals surface area contributed by atoms with E-state index in [0.29, 0.717) is 11.4 Å². The fourth-order valence-corrected chi connectivity index (χ4v) is 3.00. The van der Waals surface area contributed by atoms with E-state index in [1.807, 2.05) is 29.2 Å². The average Bonchev–Trinajstić information content (AvgIpc) is 2.47. The number of halogens is 1. The number of carbonyl (C=O) groups excluding carboxylic acids is 1. The number of piperidine rings is 1. The third-order valence-corrected chi connectivity index (χ3v) is 4.74. The first-order chi connectivity index (χ1) is 9.58. The largest absolute Gasteiger partial charge is 0.396 e. The number of hydrogen-bond acceptors (Lipinski definition) is 2. The molecule has 1 aliphatic heterocycles. The molecule has 2 rings (SSSR count). The molecule has 4 heteroatoms. The third-order valence-electron chi connectivity index (χ3n) is 4.51. The van der Waals surface area contributed by atoms with Crippen LogP contribution >= 0.6 is 11.6 Å². The molecule has 0 atom stereocenters. The average molecular weight is 296 g/mol. The van der Waals surface area contributed by atoms with E-state index in [1.54, 1.807) is 0 Å². The first-order valence-corrected chi connectivity index (χ1v) is 7.59. The summed E-state index contributed by atoms with van der Waals surface area (Å²) in [6.07, 6.45) is 3.15. The van der Waals surface area contributed by atoms with Gasteiger partial charge in [0, 0.05) is 24.7 Å². The Hall–Kier alpha value is -1.06. The summed E-state index contributed by atoms with van der Waals surface area (Å²) in [5, 5.41) is 10.2. The normalized spacial score (nSPS) is 18.1. The first-order valence-electron chi connectivity index (χ1n) is 7.22. The molecule has 1 fully saturated rings. The minimum absolute atomic E-state index is 0.0207. The Morgan fingerprint density at radius 2 is 2.10 bits per heavy atom. The summed E-state index contributed by atoms with van der Waals surface area (Å²) in [4.78, 5) is 14.2. The van der Waals surface area contributed by atoms with Gasteiger partial charge in [-0.25, -0.2) is 0 Å². The highest BCUT2D eigenvalue weighted by molar-refractivity contribution is 6.30. The Labute approximate surface area is 125 Å². The molecule has 1 aliphatic rings. The lowest BCUT2D eigenvalue weighted by Crippen LogP contribution is -2.44. The lowest BCUT2D eigenvalue weighted by molar-refractivity contribution is -0.133. The fraction of sp³-hybridized carbons (Fsp3) is 0.562. The zero-order valence-electron chi connectivity index (χ0n) is 11.9. The molecule has 0 radical (unpaired) electrons. The lowest BCUT2D eigenvalue weighted by atomic mass is 9.77. The number of aliphatic hydroxyl groups is 1. The number of aliphatic hydroxyl groups excluding tert-OH is 1. The van der Waals surface area contributed by atoms with E-state index in [4.69, 9.17) is 11.6 Å². The first kappa shape index (κ1) is 15.3. The van der Waals surface area contributed by atoms with Gasteiger partial charge in [0.15, 0.2) is 0 Å². The number of hydrogen-bond donors (Lipinski definition) is 1. The van der Waals surface area contributed by atoms with E-state index in [2.05, 4.69) is 6.92 Å². The summed E-state index contributed by atoms with van der Waals surface area (Å²) in [6, 6.07) is 7.45. The van der Waals surface area contributed by atoms with Crippen molar-refractivity contribution in [2.75, 3.05) is 19.7 Å². The number of likely N-dealkylation sites (tertiary alicyclic amines) is 1. The van der Waals surface area contributed by atoms with Crippen LogP contribution in [0, 0.1) is 5.41 Å². The van der Waals surface area contributed by atoms with Gasteiger partial charge < -0.3 is 10.0 Å². The van der Waals surface area contributed by atoms with Crippen molar-refractivity contribution in [3.63, 3.8) is 0 Å². The van der Waals surface area contributed by atoms with E-state index >= 15 is 0 Å². The van der Waals surface area contributed by atoms with Crippen LogP contribution in [-0.2, 0) is 11.2 Å². The summed E-state index contributed by atoms with van der Waals surface area (Å²) in [6.45, 7) is 3.82. The molecule has 1 heterocycles. The Balaban J connectivity index is 1.92. The van der Waals surface area contributed by atoms with Crippen LogP contribution in [0.3, 0.4) is 0 Å². The zero-order chi connectivity index (χ0) is 14.6. The van der Waals surface area contributed by atoms with Crippen molar-refractivity contribution in [2.45, 2.75) is 32.6 Å².